The maximum absolute atomic E-state index is 9.35. The molecule has 0 atom stereocenters. The molecule has 0 unspecified atom stereocenters. The van der Waals surface area contributed by atoms with Crippen LogP contribution in [0, 0.1) is 6.92 Å². The average Bonchev–Trinajstić information content (AvgIpc) is 1.85. The summed E-state index contributed by atoms with van der Waals surface area (Å²) in [6.45, 7) is 5.93. The maximum atomic E-state index is 9.35. The fourth-order valence-electron chi connectivity index (χ4n) is 1.00. The van der Waals surface area contributed by atoms with E-state index in [-0.39, 0.29) is 5.88 Å². The molecule has 1 aromatic heterocycles. The summed E-state index contributed by atoms with van der Waals surface area (Å²) in [7, 11) is 0. The van der Waals surface area contributed by atoms with Crippen molar-refractivity contribution >= 4 is 0 Å². The van der Waals surface area contributed by atoms with E-state index in [4.69, 9.17) is 0 Å². The molecule has 2 heteroatoms. The van der Waals surface area contributed by atoms with Gasteiger partial charge in [-0.25, -0.2) is 4.98 Å². The minimum atomic E-state index is 0.167. The molecular weight excluding hydrogens is 138 g/mol. The van der Waals surface area contributed by atoms with Crippen molar-refractivity contribution in [2.24, 2.45) is 0 Å². The number of rotatable bonds is 1. The van der Waals surface area contributed by atoms with Crippen LogP contribution in [0.25, 0.3) is 0 Å². The van der Waals surface area contributed by atoms with Crippen molar-refractivity contribution in [2.45, 2.75) is 26.7 Å². The first kappa shape index (κ1) is 8.05. The molecular formula is C9H13NO. The van der Waals surface area contributed by atoms with Crippen LogP contribution < -0.4 is 0 Å². The van der Waals surface area contributed by atoms with Gasteiger partial charge < -0.3 is 5.11 Å². The molecule has 11 heavy (non-hydrogen) atoms. The largest absolute Gasteiger partial charge is 0.493 e. The summed E-state index contributed by atoms with van der Waals surface area (Å²) in [5.41, 5.74) is 1.77. The molecule has 1 rings (SSSR count). The first-order valence-corrected chi connectivity index (χ1v) is 3.77. The third kappa shape index (κ3) is 1.70. The highest BCUT2D eigenvalue weighted by atomic mass is 16.3. The Balaban J connectivity index is 3.09. The molecule has 1 aromatic rings. The van der Waals surface area contributed by atoms with Gasteiger partial charge in [-0.3, -0.25) is 0 Å². The summed E-state index contributed by atoms with van der Waals surface area (Å²) in [5.74, 6) is 0.503. The molecule has 0 amide bonds. The van der Waals surface area contributed by atoms with E-state index in [1.54, 1.807) is 0 Å². The zero-order valence-corrected chi connectivity index (χ0v) is 7.13. The van der Waals surface area contributed by atoms with Gasteiger partial charge in [0.1, 0.15) is 0 Å². The second-order valence-corrected chi connectivity index (χ2v) is 3.02. The highest BCUT2D eigenvalue weighted by Gasteiger charge is 2.05. The summed E-state index contributed by atoms with van der Waals surface area (Å²) in [6, 6.07) is 3.83. The maximum Gasteiger partial charge on any atom is 0.214 e. The van der Waals surface area contributed by atoms with E-state index in [1.165, 1.54) is 0 Å². The van der Waals surface area contributed by atoms with Crippen LogP contribution in [0.5, 0.6) is 5.88 Å². The van der Waals surface area contributed by atoms with E-state index < -0.39 is 0 Å². The summed E-state index contributed by atoms with van der Waals surface area (Å²) in [4.78, 5) is 3.95. The van der Waals surface area contributed by atoms with Crippen molar-refractivity contribution in [1.29, 1.82) is 0 Å². The molecule has 0 aliphatic heterocycles. The predicted octanol–water partition coefficient (Wildman–Crippen LogP) is 2.22. The van der Waals surface area contributed by atoms with E-state index in [0.717, 1.165) is 11.3 Å². The number of hydrogen-bond donors (Lipinski definition) is 1. The zero-order chi connectivity index (χ0) is 8.43. The van der Waals surface area contributed by atoms with Crippen LogP contribution in [0.15, 0.2) is 12.1 Å². The highest BCUT2D eigenvalue weighted by molar-refractivity contribution is 5.29. The molecule has 0 bridgehead atoms. The van der Waals surface area contributed by atoms with Crippen LogP contribution in [0.2, 0.25) is 0 Å². The summed E-state index contributed by atoms with van der Waals surface area (Å²) >= 11 is 0. The molecule has 60 valence electrons. The number of nitrogens with zero attached hydrogens (tertiary/aromatic N) is 1. The summed E-state index contributed by atoms with van der Waals surface area (Å²) in [5, 5.41) is 9.35. The lowest BCUT2D eigenvalue weighted by Gasteiger charge is -2.06. The van der Waals surface area contributed by atoms with Gasteiger partial charge in [0, 0.05) is 11.3 Å². The Morgan fingerprint density at radius 2 is 2.00 bits per heavy atom. The topological polar surface area (TPSA) is 33.1 Å². The lowest BCUT2D eigenvalue weighted by atomic mass is 10.1. The predicted molar refractivity (Wildman–Crippen MR) is 44.7 cm³/mol. The third-order valence-corrected chi connectivity index (χ3v) is 1.67. The lowest BCUT2D eigenvalue weighted by Crippen LogP contribution is -1.91. The van der Waals surface area contributed by atoms with Gasteiger partial charge >= 0.3 is 0 Å². The number of hydrogen-bond acceptors (Lipinski definition) is 2. The molecule has 2 nitrogen and oxygen atoms in total. The van der Waals surface area contributed by atoms with E-state index in [2.05, 4.69) is 4.98 Å². The lowest BCUT2D eigenvalue weighted by molar-refractivity contribution is 0.441. The van der Waals surface area contributed by atoms with Crippen molar-refractivity contribution in [3.05, 3.63) is 23.4 Å². The number of aromatic hydroxyl groups is 1. The molecule has 0 saturated heterocycles. The number of pyridine rings is 1. The Kier molecular flexibility index (Phi) is 2.13. The van der Waals surface area contributed by atoms with E-state index in [9.17, 15) is 5.11 Å². The molecule has 0 aromatic carbocycles. The Hall–Kier alpha value is -1.05. The average molecular weight is 151 g/mol. The Labute approximate surface area is 66.9 Å². The van der Waals surface area contributed by atoms with Gasteiger partial charge in [-0.2, -0.15) is 0 Å². The van der Waals surface area contributed by atoms with Gasteiger partial charge in [-0.15, -0.1) is 0 Å². The number of aromatic nitrogens is 1. The van der Waals surface area contributed by atoms with Crippen LogP contribution in [-0.2, 0) is 0 Å². The quantitative estimate of drug-likeness (QED) is 0.667. The van der Waals surface area contributed by atoms with Crippen LogP contribution in [0.3, 0.4) is 0 Å². The molecule has 0 saturated carbocycles. The van der Waals surface area contributed by atoms with Crippen LogP contribution >= 0.6 is 0 Å². The minimum absolute atomic E-state index is 0.167. The summed E-state index contributed by atoms with van der Waals surface area (Å²) < 4.78 is 0. The SMILES string of the molecule is Cc1ccc(C(C)C)c(O)n1. The first-order chi connectivity index (χ1) is 5.11. The fraction of sp³-hybridized carbons (Fsp3) is 0.444. The molecule has 1 N–H and O–H groups in total. The fourth-order valence-corrected chi connectivity index (χ4v) is 1.00. The smallest absolute Gasteiger partial charge is 0.214 e. The standard InChI is InChI=1S/C9H13NO/c1-6(2)8-5-4-7(3)10-9(8)11/h4-6H,1-3H3,(H,10,11). The van der Waals surface area contributed by atoms with Crippen LogP contribution in [0.4, 0.5) is 0 Å². The van der Waals surface area contributed by atoms with Gasteiger partial charge in [0.2, 0.25) is 5.88 Å². The minimum Gasteiger partial charge on any atom is -0.493 e. The highest BCUT2D eigenvalue weighted by Crippen LogP contribution is 2.22. The Morgan fingerprint density at radius 1 is 1.36 bits per heavy atom. The number of aryl methyl sites for hydroxylation is 1. The second-order valence-electron chi connectivity index (χ2n) is 3.02. The van der Waals surface area contributed by atoms with Gasteiger partial charge in [0.15, 0.2) is 0 Å². The molecule has 0 radical (unpaired) electrons. The summed E-state index contributed by atoms with van der Waals surface area (Å²) in [6.07, 6.45) is 0. The molecule has 0 fully saturated rings. The van der Waals surface area contributed by atoms with E-state index in [0.29, 0.717) is 5.92 Å². The molecule has 0 aliphatic rings. The first-order valence-electron chi connectivity index (χ1n) is 3.77. The molecule has 0 aliphatic carbocycles. The van der Waals surface area contributed by atoms with Gasteiger partial charge in [-0.1, -0.05) is 19.9 Å². The van der Waals surface area contributed by atoms with Crippen molar-refractivity contribution in [2.75, 3.05) is 0 Å². The Bertz CT molecular complexity index is 256. The van der Waals surface area contributed by atoms with Gasteiger partial charge in [0.05, 0.1) is 0 Å². The van der Waals surface area contributed by atoms with Crippen LogP contribution in [-0.4, -0.2) is 10.1 Å². The zero-order valence-electron chi connectivity index (χ0n) is 7.13. The van der Waals surface area contributed by atoms with Crippen LogP contribution in [0.1, 0.15) is 31.0 Å². The normalized spacial score (nSPS) is 10.5. The van der Waals surface area contributed by atoms with Gasteiger partial charge in [-0.05, 0) is 18.9 Å². The monoisotopic (exact) mass is 151 g/mol. The van der Waals surface area contributed by atoms with Crippen molar-refractivity contribution < 1.29 is 5.11 Å². The Morgan fingerprint density at radius 3 is 2.45 bits per heavy atom. The molecule has 0 spiro atoms. The van der Waals surface area contributed by atoms with Gasteiger partial charge in [0.25, 0.3) is 0 Å². The van der Waals surface area contributed by atoms with Crippen molar-refractivity contribution in [3.8, 4) is 5.88 Å². The van der Waals surface area contributed by atoms with E-state index >= 15 is 0 Å². The van der Waals surface area contributed by atoms with Crippen molar-refractivity contribution in [3.63, 3.8) is 0 Å². The van der Waals surface area contributed by atoms with Crippen molar-refractivity contribution in [1.82, 2.24) is 4.98 Å². The third-order valence-electron chi connectivity index (χ3n) is 1.67. The molecule has 1 heterocycles. The van der Waals surface area contributed by atoms with E-state index in [1.807, 2.05) is 32.9 Å². The second kappa shape index (κ2) is 2.91.